The Morgan fingerprint density at radius 1 is 1.43 bits per heavy atom. The Labute approximate surface area is 88.5 Å². The number of hydrogen-bond acceptors (Lipinski definition) is 4. The van der Waals surface area contributed by atoms with E-state index in [1.807, 2.05) is 11.8 Å². The van der Waals surface area contributed by atoms with Crippen LogP contribution in [0.2, 0.25) is 0 Å². The van der Waals surface area contributed by atoms with E-state index >= 15 is 0 Å². The highest BCUT2D eigenvalue weighted by molar-refractivity contribution is 7.98. The van der Waals surface area contributed by atoms with Crippen LogP contribution in [0.5, 0.6) is 0 Å². The van der Waals surface area contributed by atoms with Gasteiger partial charge in [-0.15, -0.1) is 0 Å². The van der Waals surface area contributed by atoms with Crippen LogP contribution in [0, 0.1) is 6.92 Å². The van der Waals surface area contributed by atoms with Crippen molar-refractivity contribution in [2.45, 2.75) is 25.5 Å². The van der Waals surface area contributed by atoms with Gasteiger partial charge in [0.2, 0.25) is 0 Å². The minimum atomic E-state index is 0.630. The van der Waals surface area contributed by atoms with Gasteiger partial charge in [-0.3, -0.25) is 0 Å². The summed E-state index contributed by atoms with van der Waals surface area (Å²) in [5.74, 6) is 3.15. The van der Waals surface area contributed by atoms with Gasteiger partial charge < -0.3 is 5.73 Å². The molecule has 0 bridgehead atoms. The van der Waals surface area contributed by atoms with Crippen molar-refractivity contribution in [1.29, 1.82) is 0 Å². The van der Waals surface area contributed by atoms with E-state index in [-0.39, 0.29) is 0 Å². The predicted molar refractivity (Wildman–Crippen MR) is 59.4 cm³/mol. The van der Waals surface area contributed by atoms with E-state index in [0.29, 0.717) is 6.54 Å². The van der Waals surface area contributed by atoms with Gasteiger partial charge in [-0.25, -0.2) is 9.97 Å². The lowest BCUT2D eigenvalue weighted by Gasteiger charge is -2.17. The van der Waals surface area contributed by atoms with Crippen LogP contribution in [0.1, 0.15) is 22.8 Å². The van der Waals surface area contributed by atoms with Crippen molar-refractivity contribution in [3.05, 3.63) is 22.8 Å². The molecule has 0 aromatic carbocycles. The highest BCUT2D eigenvalue weighted by atomic mass is 32.2. The van der Waals surface area contributed by atoms with Gasteiger partial charge >= 0.3 is 0 Å². The smallest absolute Gasteiger partial charge is 0.130 e. The number of rotatable bonds is 2. The molecule has 0 atom stereocenters. The number of nitrogens with two attached hydrogens (primary N) is 1. The fourth-order valence-electron chi connectivity index (χ4n) is 1.75. The molecule has 1 aliphatic rings. The van der Waals surface area contributed by atoms with Crippen molar-refractivity contribution >= 4 is 11.8 Å². The first kappa shape index (κ1) is 9.93. The highest BCUT2D eigenvalue weighted by Gasteiger charge is 2.15. The molecular formula is C10H15N3S. The van der Waals surface area contributed by atoms with Gasteiger partial charge in [0.1, 0.15) is 5.82 Å². The zero-order valence-corrected chi connectivity index (χ0v) is 9.23. The second-order valence-corrected chi connectivity index (χ2v) is 4.60. The maximum atomic E-state index is 5.50. The maximum absolute atomic E-state index is 5.50. The van der Waals surface area contributed by atoms with Crippen molar-refractivity contribution < 1.29 is 0 Å². The molecule has 2 heterocycles. The summed E-state index contributed by atoms with van der Waals surface area (Å²) in [7, 11) is 0. The molecule has 0 saturated carbocycles. The zero-order chi connectivity index (χ0) is 9.97. The molecule has 2 N–H and O–H groups in total. The van der Waals surface area contributed by atoms with Crippen molar-refractivity contribution in [3.63, 3.8) is 0 Å². The number of aryl methyl sites for hydroxylation is 1. The topological polar surface area (TPSA) is 51.8 Å². The molecule has 76 valence electrons. The first-order chi connectivity index (χ1) is 6.81. The molecule has 0 unspecified atom stereocenters. The van der Waals surface area contributed by atoms with Crippen LogP contribution in [0.3, 0.4) is 0 Å². The van der Waals surface area contributed by atoms with Gasteiger partial charge in [0.25, 0.3) is 0 Å². The molecule has 0 fully saturated rings. The van der Waals surface area contributed by atoms with Crippen LogP contribution < -0.4 is 5.73 Å². The lowest BCUT2D eigenvalue weighted by Crippen LogP contribution is -2.14. The van der Waals surface area contributed by atoms with E-state index in [9.17, 15) is 0 Å². The maximum Gasteiger partial charge on any atom is 0.130 e. The molecule has 4 heteroatoms. The summed E-state index contributed by atoms with van der Waals surface area (Å²) in [5.41, 5.74) is 9.25. The molecule has 0 radical (unpaired) electrons. The van der Waals surface area contributed by atoms with Gasteiger partial charge in [-0.05, 0) is 31.2 Å². The third-order valence-electron chi connectivity index (χ3n) is 2.45. The van der Waals surface area contributed by atoms with E-state index in [2.05, 4.69) is 16.9 Å². The molecule has 2 rings (SSSR count). The Morgan fingerprint density at radius 2 is 2.29 bits per heavy atom. The monoisotopic (exact) mass is 209 g/mol. The SMILES string of the molecule is Cc1nc(CCN)nc2c1CCSC2. The van der Waals surface area contributed by atoms with Gasteiger partial charge in [0.05, 0.1) is 5.69 Å². The average molecular weight is 209 g/mol. The number of nitrogens with zero attached hydrogens (tertiary/aromatic N) is 2. The van der Waals surface area contributed by atoms with Crippen molar-refractivity contribution in [1.82, 2.24) is 9.97 Å². The Balaban J connectivity index is 2.36. The lowest BCUT2D eigenvalue weighted by atomic mass is 10.1. The minimum absolute atomic E-state index is 0.630. The molecule has 0 amide bonds. The van der Waals surface area contributed by atoms with Gasteiger partial charge in [0.15, 0.2) is 0 Å². The van der Waals surface area contributed by atoms with Gasteiger partial charge in [-0.2, -0.15) is 11.8 Å². The van der Waals surface area contributed by atoms with Crippen LogP contribution in [0.4, 0.5) is 0 Å². The number of fused-ring (bicyclic) bond motifs is 1. The first-order valence-electron chi connectivity index (χ1n) is 4.94. The molecule has 0 spiro atoms. The zero-order valence-electron chi connectivity index (χ0n) is 8.42. The Morgan fingerprint density at radius 3 is 3.07 bits per heavy atom. The van der Waals surface area contributed by atoms with Crippen LogP contribution in [0.25, 0.3) is 0 Å². The summed E-state index contributed by atoms with van der Waals surface area (Å²) in [5, 5.41) is 0. The van der Waals surface area contributed by atoms with E-state index in [1.54, 1.807) is 0 Å². The van der Waals surface area contributed by atoms with E-state index in [1.165, 1.54) is 17.0 Å². The molecule has 3 nitrogen and oxygen atoms in total. The largest absolute Gasteiger partial charge is 0.330 e. The second-order valence-electron chi connectivity index (χ2n) is 3.49. The molecule has 1 aliphatic heterocycles. The molecule has 0 aliphatic carbocycles. The van der Waals surface area contributed by atoms with E-state index in [0.717, 1.165) is 30.1 Å². The first-order valence-corrected chi connectivity index (χ1v) is 6.10. The number of aromatic nitrogens is 2. The van der Waals surface area contributed by atoms with E-state index < -0.39 is 0 Å². The summed E-state index contributed by atoms with van der Waals surface area (Å²) in [6.45, 7) is 2.71. The third kappa shape index (κ3) is 1.91. The molecule has 1 aromatic heterocycles. The minimum Gasteiger partial charge on any atom is -0.330 e. The normalized spacial score (nSPS) is 15.3. The Kier molecular flexibility index (Phi) is 3.03. The van der Waals surface area contributed by atoms with Gasteiger partial charge in [-0.1, -0.05) is 0 Å². The fraction of sp³-hybridized carbons (Fsp3) is 0.600. The summed E-state index contributed by atoms with van der Waals surface area (Å²) >= 11 is 1.95. The van der Waals surface area contributed by atoms with Crippen molar-refractivity contribution in [3.8, 4) is 0 Å². The average Bonchev–Trinajstić information content (AvgIpc) is 2.18. The second kappa shape index (κ2) is 4.28. The summed E-state index contributed by atoms with van der Waals surface area (Å²) < 4.78 is 0. The summed E-state index contributed by atoms with van der Waals surface area (Å²) in [6, 6.07) is 0. The Hall–Kier alpha value is -0.610. The van der Waals surface area contributed by atoms with Gasteiger partial charge in [0, 0.05) is 17.9 Å². The summed E-state index contributed by atoms with van der Waals surface area (Å²) in [4.78, 5) is 9.03. The van der Waals surface area contributed by atoms with Crippen LogP contribution in [-0.4, -0.2) is 22.3 Å². The number of hydrogen-bond donors (Lipinski definition) is 1. The third-order valence-corrected chi connectivity index (χ3v) is 3.42. The standard InChI is InChI=1S/C10H15N3S/c1-7-8-3-5-14-6-9(8)13-10(12-7)2-4-11/h2-6,11H2,1H3. The summed E-state index contributed by atoms with van der Waals surface area (Å²) in [6.07, 6.45) is 1.91. The van der Waals surface area contributed by atoms with Crippen molar-refractivity contribution in [2.24, 2.45) is 5.73 Å². The molecule has 14 heavy (non-hydrogen) atoms. The lowest BCUT2D eigenvalue weighted by molar-refractivity contribution is 0.816. The predicted octanol–water partition coefficient (Wildman–Crippen LogP) is 1.08. The Bertz CT molecular complexity index is 338. The fourth-order valence-corrected chi connectivity index (χ4v) is 2.67. The molecule has 0 saturated heterocycles. The quantitative estimate of drug-likeness (QED) is 0.791. The van der Waals surface area contributed by atoms with Crippen LogP contribution in [-0.2, 0) is 18.6 Å². The van der Waals surface area contributed by atoms with E-state index in [4.69, 9.17) is 5.73 Å². The molecular weight excluding hydrogens is 194 g/mol. The number of thioether (sulfide) groups is 1. The van der Waals surface area contributed by atoms with Crippen LogP contribution >= 0.6 is 11.8 Å². The highest BCUT2D eigenvalue weighted by Crippen LogP contribution is 2.24. The van der Waals surface area contributed by atoms with Crippen molar-refractivity contribution in [2.75, 3.05) is 12.3 Å². The molecule has 1 aromatic rings. The van der Waals surface area contributed by atoms with Crippen LogP contribution in [0.15, 0.2) is 0 Å².